The number of nitrogens with one attached hydrogen (secondary N) is 2. The SMILES string of the molecule is NC1CC(CNCC2CCC(N)C(C3C(N)CC(NC(CO)CO)C(OC4OC(CO)C(O)C(N)C4O)C3O)O2)C1. The normalized spacial score (nSPS) is 47.3. The lowest BCUT2D eigenvalue weighted by molar-refractivity contribution is -0.306. The van der Waals surface area contributed by atoms with Gasteiger partial charge >= 0.3 is 0 Å². The van der Waals surface area contributed by atoms with Crippen LogP contribution in [-0.2, 0) is 14.2 Å². The fourth-order valence-corrected chi connectivity index (χ4v) is 6.78. The van der Waals surface area contributed by atoms with Gasteiger partial charge in [0.15, 0.2) is 6.29 Å². The molecule has 0 radical (unpaired) electrons. The highest BCUT2D eigenvalue weighted by Gasteiger charge is 2.52. The van der Waals surface area contributed by atoms with Gasteiger partial charge in [-0.1, -0.05) is 0 Å². The van der Waals surface area contributed by atoms with Gasteiger partial charge in [-0.25, -0.2) is 0 Å². The molecule has 15 nitrogen and oxygen atoms in total. The standard InChI is InChI=1S/C26H52N6O9/c27-12-3-11(4-12)6-31-7-14-1-2-15(28)24(39-14)19-16(29)5-17(32-13(8-33)9-34)25(22(19)37)41-26-23(38)20(30)21(36)18(10-35)40-26/h11-26,31-38H,1-10,27-30H2. The molecule has 13 atom stereocenters. The molecule has 0 spiro atoms. The van der Waals surface area contributed by atoms with Crippen molar-refractivity contribution in [3.63, 3.8) is 0 Å². The van der Waals surface area contributed by atoms with Crippen molar-refractivity contribution < 1.29 is 44.8 Å². The van der Waals surface area contributed by atoms with E-state index in [1.165, 1.54) is 0 Å². The fourth-order valence-electron chi connectivity index (χ4n) is 6.78. The maximum Gasteiger partial charge on any atom is 0.186 e. The van der Waals surface area contributed by atoms with Crippen molar-refractivity contribution in [2.24, 2.45) is 34.8 Å². The predicted molar refractivity (Wildman–Crippen MR) is 147 cm³/mol. The summed E-state index contributed by atoms with van der Waals surface area (Å²) in [6, 6.07) is -3.23. The van der Waals surface area contributed by atoms with Crippen molar-refractivity contribution in [2.75, 3.05) is 32.9 Å². The third-order valence-electron chi connectivity index (χ3n) is 9.32. The summed E-state index contributed by atoms with van der Waals surface area (Å²) in [5, 5.41) is 68.3. The lowest BCUT2D eigenvalue weighted by atomic mass is 9.72. The highest BCUT2D eigenvalue weighted by molar-refractivity contribution is 5.05. The smallest absolute Gasteiger partial charge is 0.186 e. The predicted octanol–water partition coefficient (Wildman–Crippen LogP) is -5.64. The van der Waals surface area contributed by atoms with E-state index in [1.807, 2.05) is 0 Å². The molecule has 0 aromatic heterocycles. The Morgan fingerprint density at radius 2 is 1.54 bits per heavy atom. The molecule has 0 aromatic rings. The minimum Gasteiger partial charge on any atom is -0.395 e. The van der Waals surface area contributed by atoms with Crippen LogP contribution in [0.3, 0.4) is 0 Å². The lowest BCUT2D eigenvalue weighted by Gasteiger charge is -2.51. The molecule has 2 saturated heterocycles. The Morgan fingerprint density at radius 3 is 2.17 bits per heavy atom. The van der Waals surface area contributed by atoms with E-state index >= 15 is 0 Å². The zero-order chi connectivity index (χ0) is 29.8. The van der Waals surface area contributed by atoms with Crippen molar-refractivity contribution >= 4 is 0 Å². The van der Waals surface area contributed by atoms with Crippen LogP contribution in [-0.4, -0.2) is 149 Å². The molecule has 2 heterocycles. The number of hydrogen-bond donors (Lipinski definition) is 12. The molecule has 2 saturated carbocycles. The molecule has 4 rings (SSSR count). The van der Waals surface area contributed by atoms with Gasteiger partial charge in [0.25, 0.3) is 0 Å². The highest BCUT2D eigenvalue weighted by Crippen LogP contribution is 2.37. The molecule has 13 unspecified atom stereocenters. The number of rotatable bonds is 12. The van der Waals surface area contributed by atoms with Crippen molar-refractivity contribution in [1.82, 2.24) is 10.6 Å². The van der Waals surface area contributed by atoms with Crippen LogP contribution in [0.1, 0.15) is 32.1 Å². The molecular formula is C26H52N6O9. The van der Waals surface area contributed by atoms with Crippen LogP contribution < -0.4 is 33.6 Å². The van der Waals surface area contributed by atoms with Crippen molar-refractivity contribution in [3.05, 3.63) is 0 Å². The third kappa shape index (κ3) is 7.74. The Kier molecular flexibility index (Phi) is 12.1. The second-order valence-electron chi connectivity index (χ2n) is 12.4. The molecule has 4 fully saturated rings. The first kappa shape index (κ1) is 33.3. The summed E-state index contributed by atoms with van der Waals surface area (Å²) >= 11 is 0. The summed E-state index contributed by atoms with van der Waals surface area (Å²) in [5.74, 6) is -0.0721. The average molecular weight is 593 g/mol. The lowest BCUT2D eigenvalue weighted by Crippen LogP contribution is -2.69. The van der Waals surface area contributed by atoms with E-state index in [2.05, 4.69) is 10.6 Å². The first-order chi connectivity index (χ1) is 19.6. The maximum atomic E-state index is 11.8. The molecule has 0 bridgehead atoms. The van der Waals surface area contributed by atoms with Crippen molar-refractivity contribution in [2.45, 2.75) is 117 Å². The summed E-state index contributed by atoms with van der Waals surface area (Å²) < 4.78 is 18.2. The molecule has 4 aliphatic rings. The van der Waals surface area contributed by atoms with Gasteiger partial charge in [0.1, 0.15) is 24.4 Å². The molecular weight excluding hydrogens is 540 g/mol. The average Bonchev–Trinajstić information content (AvgIpc) is 2.93. The topological polar surface area (TPSA) is 277 Å². The van der Waals surface area contributed by atoms with E-state index in [4.69, 9.17) is 37.1 Å². The van der Waals surface area contributed by atoms with Gasteiger partial charge in [0, 0.05) is 36.6 Å². The molecule has 41 heavy (non-hydrogen) atoms. The van der Waals surface area contributed by atoms with Crippen LogP contribution in [0.25, 0.3) is 0 Å². The van der Waals surface area contributed by atoms with E-state index in [-0.39, 0.29) is 31.8 Å². The minimum atomic E-state index is -1.46. The fraction of sp³-hybridized carbons (Fsp3) is 1.00. The summed E-state index contributed by atoms with van der Waals surface area (Å²) in [7, 11) is 0. The van der Waals surface area contributed by atoms with Crippen LogP contribution in [0.5, 0.6) is 0 Å². The first-order valence-electron chi connectivity index (χ1n) is 14.9. The Bertz CT molecular complexity index is 795. The Morgan fingerprint density at radius 1 is 0.829 bits per heavy atom. The number of nitrogens with two attached hydrogens (primary N) is 4. The minimum absolute atomic E-state index is 0.121. The maximum absolute atomic E-state index is 11.8. The van der Waals surface area contributed by atoms with Gasteiger partial charge in [-0.05, 0) is 44.6 Å². The first-order valence-corrected chi connectivity index (χ1v) is 14.9. The third-order valence-corrected chi connectivity index (χ3v) is 9.32. The zero-order valence-corrected chi connectivity index (χ0v) is 23.5. The van der Waals surface area contributed by atoms with Crippen molar-refractivity contribution in [1.29, 1.82) is 0 Å². The molecule has 2 aliphatic heterocycles. The second-order valence-corrected chi connectivity index (χ2v) is 12.4. The summed E-state index contributed by atoms with van der Waals surface area (Å²) in [6.07, 6.45) is -4.55. The number of aliphatic hydroxyl groups excluding tert-OH is 6. The second kappa shape index (κ2) is 14.9. The molecule has 16 N–H and O–H groups in total. The molecule has 240 valence electrons. The Hall–Kier alpha value is -0.600. The van der Waals surface area contributed by atoms with Gasteiger partial charge in [-0.15, -0.1) is 0 Å². The van der Waals surface area contributed by atoms with E-state index in [0.29, 0.717) is 24.9 Å². The summed E-state index contributed by atoms with van der Waals surface area (Å²) in [6.45, 7) is 0.189. The van der Waals surface area contributed by atoms with Crippen LogP contribution >= 0.6 is 0 Å². The molecule has 15 heteroatoms. The number of hydrogen-bond acceptors (Lipinski definition) is 15. The quantitative estimate of drug-likeness (QED) is 0.101. The molecule has 0 amide bonds. The van der Waals surface area contributed by atoms with Crippen LogP contribution in [0.4, 0.5) is 0 Å². The highest BCUT2D eigenvalue weighted by atomic mass is 16.7. The van der Waals surface area contributed by atoms with Gasteiger partial charge in [0.2, 0.25) is 0 Å². The summed E-state index contributed by atoms with van der Waals surface area (Å²) in [4.78, 5) is 0. The van der Waals surface area contributed by atoms with E-state index in [9.17, 15) is 30.6 Å². The molecule has 2 aliphatic carbocycles. The van der Waals surface area contributed by atoms with Crippen LogP contribution in [0.2, 0.25) is 0 Å². The van der Waals surface area contributed by atoms with Crippen LogP contribution in [0, 0.1) is 11.8 Å². The largest absolute Gasteiger partial charge is 0.395 e. The van der Waals surface area contributed by atoms with Crippen LogP contribution in [0.15, 0.2) is 0 Å². The number of ether oxygens (including phenoxy) is 3. The van der Waals surface area contributed by atoms with Gasteiger partial charge < -0.3 is 78.4 Å². The zero-order valence-electron chi connectivity index (χ0n) is 23.5. The van der Waals surface area contributed by atoms with Crippen molar-refractivity contribution in [3.8, 4) is 0 Å². The Labute approximate surface area is 240 Å². The monoisotopic (exact) mass is 592 g/mol. The Balaban J connectivity index is 1.48. The van der Waals surface area contributed by atoms with Gasteiger partial charge in [-0.3, -0.25) is 0 Å². The molecule has 0 aromatic carbocycles. The van der Waals surface area contributed by atoms with E-state index in [1.54, 1.807) is 0 Å². The van der Waals surface area contributed by atoms with Gasteiger partial charge in [-0.2, -0.15) is 0 Å². The van der Waals surface area contributed by atoms with E-state index < -0.39 is 79.6 Å². The number of aliphatic hydroxyl groups is 6. The van der Waals surface area contributed by atoms with E-state index in [0.717, 1.165) is 25.8 Å². The van der Waals surface area contributed by atoms with Gasteiger partial charge in [0.05, 0.1) is 50.2 Å². The summed E-state index contributed by atoms with van der Waals surface area (Å²) in [5.41, 5.74) is 25.0.